The van der Waals surface area contributed by atoms with Gasteiger partial charge in [0.1, 0.15) is 5.75 Å². The van der Waals surface area contributed by atoms with Gasteiger partial charge >= 0.3 is 0 Å². The monoisotopic (exact) mass is 276 g/mol. The quantitative estimate of drug-likeness (QED) is 0.859. The predicted molar refractivity (Wildman–Crippen MR) is 79.4 cm³/mol. The van der Waals surface area contributed by atoms with Crippen LogP contribution in [0.25, 0.3) is 0 Å². The molecule has 2 heterocycles. The first-order valence-electron chi connectivity index (χ1n) is 7.60. The number of benzene rings is 1. The molecular formula is C16H24N2O2. The van der Waals surface area contributed by atoms with E-state index in [4.69, 9.17) is 15.2 Å². The van der Waals surface area contributed by atoms with Crippen molar-refractivity contribution in [2.24, 2.45) is 5.92 Å². The molecule has 1 atom stereocenters. The highest BCUT2D eigenvalue weighted by Gasteiger charge is 2.24. The summed E-state index contributed by atoms with van der Waals surface area (Å²) in [7, 11) is 0. The Morgan fingerprint density at radius 2 is 2.30 bits per heavy atom. The van der Waals surface area contributed by atoms with Gasteiger partial charge in [0.15, 0.2) is 6.79 Å². The molecule has 3 rings (SSSR count). The maximum atomic E-state index is 6.00. The predicted octanol–water partition coefficient (Wildman–Crippen LogP) is 2.76. The van der Waals surface area contributed by atoms with Gasteiger partial charge in [-0.3, -0.25) is 4.90 Å². The molecule has 2 aliphatic rings. The number of ether oxygens (including phenoxy) is 2. The van der Waals surface area contributed by atoms with E-state index in [1.54, 1.807) is 0 Å². The van der Waals surface area contributed by atoms with Crippen LogP contribution < -0.4 is 10.5 Å². The molecule has 4 nitrogen and oxygen atoms in total. The van der Waals surface area contributed by atoms with Crippen LogP contribution in [0.2, 0.25) is 0 Å². The van der Waals surface area contributed by atoms with Gasteiger partial charge in [0.2, 0.25) is 0 Å². The van der Waals surface area contributed by atoms with Crippen LogP contribution in [0.3, 0.4) is 0 Å². The van der Waals surface area contributed by atoms with Gasteiger partial charge in [-0.15, -0.1) is 0 Å². The first-order chi connectivity index (χ1) is 9.76. The Kier molecular flexibility index (Phi) is 4.13. The minimum atomic E-state index is 0.350. The van der Waals surface area contributed by atoms with Crippen molar-refractivity contribution in [1.82, 2.24) is 4.90 Å². The number of nitrogens with two attached hydrogens (primary N) is 1. The average Bonchev–Trinajstić information content (AvgIpc) is 2.86. The van der Waals surface area contributed by atoms with E-state index in [9.17, 15) is 0 Å². The first kappa shape index (κ1) is 13.7. The number of nitrogens with zero attached hydrogens (tertiary/aromatic N) is 1. The molecule has 0 spiro atoms. The molecule has 1 saturated heterocycles. The van der Waals surface area contributed by atoms with Crippen molar-refractivity contribution in [3.8, 4) is 5.75 Å². The normalized spacial score (nSPS) is 22.6. The number of fused-ring (bicyclic) bond motifs is 1. The van der Waals surface area contributed by atoms with Crippen molar-refractivity contribution in [2.45, 2.75) is 39.3 Å². The second-order valence-corrected chi connectivity index (χ2v) is 5.96. The van der Waals surface area contributed by atoms with E-state index < -0.39 is 0 Å². The molecule has 0 bridgehead atoms. The number of likely N-dealkylation sites (tertiary alicyclic amines) is 1. The zero-order valence-corrected chi connectivity index (χ0v) is 12.2. The molecular weight excluding hydrogens is 252 g/mol. The number of rotatable bonds is 4. The summed E-state index contributed by atoms with van der Waals surface area (Å²) in [6, 6.07) is 4.01. The molecule has 1 fully saturated rings. The van der Waals surface area contributed by atoms with Gasteiger partial charge in [0.05, 0.1) is 6.61 Å². The highest BCUT2D eigenvalue weighted by molar-refractivity contribution is 5.53. The average molecular weight is 276 g/mol. The number of nitrogen functional groups attached to an aromatic ring is 1. The van der Waals surface area contributed by atoms with Crippen molar-refractivity contribution in [2.75, 3.05) is 25.6 Å². The lowest BCUT2D eigenvalue weighted by Gasteiger charge is -2.24. The van der Waals surface area contributed by atoms with Gasteiger partial charge in [-0.2, -0.15) is 0 Å². The first-order valence-corrected chi connectivity index (χ1v) is 7.60. The maximum absolute atomic E-state index is 6.00. The number of hydrogen-bond acceptors (Lipinski definition) is 4. The van der Waals surface area contributed by atoms with Gasteiger partial charge in [-0.25, -0.2) is 0 Å². The van der Waals surface area contributed by atoms with Gasteiger partial charge in [0, 0.05) is 29.9 Å². The van der Waals surface area contributed by atoms with Gasteiger partial charge in [0.25, 0.3) is 0 Å². The Hall–Kier alpha value is -1.26. The maximum Gasteiger partial charge on any atom is 0.189 e. The number of hydrogen-bond donors (Lipinski definition) is 1. The van der Waals surface area contributed by atoms with Crippen LogP contribution in [-0.4, -0.2) is 24.8 Å². The third kappa shape index (κ3) is 2.91. The molecule has 110 valence electrons. The zero-order chi connectivity index (χ0) is 13.9. The van der Waals surface area contributed by atoms with Crippen molar-refractivity contribution in [1.29, 1.82) is 0 Å². The highest BCUT2D eigenvalue weighted by atomic mass is 16.7. The standard InChI is InChI=1S/C16H24N2O2/c1-2-3-12-4-5-18(8-12)9-13-6-15(17)7-14-10-19-11-20-16(13)14/h6-7,12H,2-5,8-11,17H2,1H3. The summed E-state index contributed by atoms with van der Waals surface area (Å²) in [5.41, 5.74) is 9.09. The van der Waals surface area contributed by atoms with Gasteiger partial charge in [-0.1, -0.05) is 13.3 Å². The van der Waals surface area contributed by atoms with Crippen LogP contribution in [0.1, 0.15) is 37.3 Å². The van der Waals surface area contributed by atoms with Crippen LogP contribution >= 0.6 is 0 Å². The lowest BCUT2D eigenvalue weighted by atomic mass is 10.0. The van der Waals surface area contributed by atoms with Crippen molar-refractivity contribution in [3.05, 3.63) is 23.3 Å². The third-order valence-corrected chi connectivity index (χ3v) is 4.27. The smallest absolute Gasteiger partial charge is 0.189 e. The van der Waals surface area contributed by atoms with E-state index in [1.165, 1.54) is 37.9 Å². The van der Waals surface area contributed by atoms with E-state index in [0.29, 0.717) is 13.4 Å². The molecule has 4 heteroatoms. The minimum absolute atomic E-state index is 0.350. The fraction of sp³-hybridized carbons (Fsp3) is 0.625. The summed E-state index contributed by atoms with van der Waals surface area (Å²) in [5.74, 6) is 1.85. The molecule has 2 N–H and O–H groups in total. The van der Waals surface area contributed by atoms with Crippen molar-refractivity contribution >= 4 is 5.69 Å². The van der Waals surface area contributed by atoms with Gasteiger partial charge < -0.3 is 15.2 Å². The lowest BCUT2D eigenvalue weighted by molar-refractivity contribution is -0.0173. The van der Waals surface area contributed by atoms with Crippen LogP contribution in [0.4, 0.5) is 5.69 Å². The van der Waals surface area contributed by atoms with Crippen LogP contribution in [-0.2, 0) is 17.9 Å². The molecule has 2 aliphatic heterocycles. The third-order valence-electron chi connectivity index (χ3n) is 4.27. The Morgan fingerprint density at radius 3 is 3.15 bits per heavy atom. The fourth-order valence-corrected chi connectivity index (χ4v) is 3.38. The molecule has 0 saturated carbocycles. The summed E-state index contributed by atoms with van der Waals surface area (Å²) in [4.78, 5) is 2.52. The molecule has 1 aromatic carbocycles. The molecule has 1 aromatic rings. The molecule has 20 heavy (non-hydrogen) atoms. The SMILES string of the molecule is CCCC1CCN(Cc2cc(N)cc3c2OCOC3)C1. The summed E-state index contributed by atoms with van der Waals surface area (Å²) >= 11 is 0. The second-order valence-electron chi connectivity index (χ2n) is 5.96. The summed E-state index contributed by atoms with van der Waals surface area (Å²) < 4.78 is 11.0. The largest absolute Gasteiger partial charge is 0.467 e. The molecule has 0 aromatic heterocycles. The number of anilines is 1. The van der Waals surface area contributed by atoms with Crippen LogP contribution in [0, 0.1) is 5.92 Å². The van der Waals surface area contributed by atoms with E-state index in [2.05, 4.69) is 17.9 Å². The van der Waals surface area contributed by atoms with E-state index >= 15 is 0 Å². The lowest BCUT2D eigenvalue weighted by Crippen LogP contribution is -2.22. The Balaban J connectivity index is 1.73. The molecule has 0 radical (unpaired) electrons. The molecule has 0 amide bonds. The van der Waals surface area contributed by atoms with Crippen molar-refractivity contribution < 1.29 is 9.47 Å². The van der Waals surface area contributed by atoms with Crippen molar-refractivity contribution in [3.63, 3.8) is 0 Å². The highest BCUT2D eigenvalue weighted by Crippen LogP contribution is 2.33. The topological polar surface area (TPSA) is 47.7 Å². The van der Waals surface area contributed by atoms with Crippen LogP contribution in [0.15, 0.2) is 12.1 Å². The summed E-state index contributed by atoms with van der Waals surface area (Å²) in [6.45, 7) is 6.55. The Morgan fingerprint density at radius 1 is 1.40 bits per heavy atom. The Labute approximate surface area is 120 Å². The van der Waals surface area contributed by atoms with E-state index in [1.807, 2.05) is 6.07 Å². The fourth-order valence-electron chi connectivity index (χ4n) is 3.38. The van der Waals surface area contributed by atoms with E-state index in [0.717, 1.165) is 29.5 Å². The van der Waals surface area contributed by atoms with E-state index in [-0.39, 0.29) is 0 Å². The Bertz CT molecular complexity index is 476. The molecule has 1 unspecified atom stereocenters. The molecule has 0 aliphatic carbocycles. The summed E-state index contributed by atoms with van der Waals surface area (Å²) in [5, 5.41) is 0. The summed E-state index contributed by atoms with van der Waals surface area (Å²) in [6.07, 6.45) is 3.95. The minimum Gasteiger partial charge on any atom is -0.467 e. The van der Waals surface area contributed by atoms with Crippen LogP contribution in [0.5, 0.6) is 5.75 Å². The van der Waals surface area contributed by atoms with Gasteiger partial charge in [-0.05, 0) is 37.4 Å². The second kappa shape index (κ2) is 6.02. The zero-order valence-electron chi connectivity index (χ0n) is 12.2.